The summed E-state index contributed by atoms with van der Waals surface area (Å²) in [6, 6.07) is 0. The molecule has 0 aromatic rings. The Bertz CT molecular complexity index is 260. The van der Waals surface area contributed by atoms with E-state index >= 15 is 0 Å². The van der Waals surface area contributed by atoms with E-state index in [2.05, 4.69) is 4.74 Å². The fourth-order valence-electron chi connectivity index (χ4n) is 0.815. The van der Waals surface area contributed by atoms with E-state index in [1.807, 2.05) is 0 Å². The molecule has 122 valence electrons. The Hall–Kier alpha value is -0.344. The minimum absolute atomic E-state index is 0. The van der Waals surface area contributed by atoms with Gasteiger partial charge in [-0.2, -0.15) is 0 Å². The van der Waals surface area contributed by atoms with Crippen LogP contribution in [0.25, 0.3) is 0 Å². The Morgan fingerprint density at radius 1 is 1.21 bits per heavy atom. The van der Waals surface area contributed by atoms with Crippen molar-refractivity contribution in [2.75, 3.05) is 6.61 Å². The molecule has 0 bridgehead atoms. The second kappa shape index (κ2) is 17.7. The maximum Gasteiger partial charge on any atom is 3.00 e. The molecule has 2 atom stereocenters. The number of halogens is 2. The normalized spacial score (nSPS) is 16.3. The van der Waals surface area contributed by atoms with E-state index in [1.165, 1.54) is 0 Å². The molecule has 2 unspecified atom stereocenters. The van der Waals surface area contributed by atoms with Crippen LogP contribution in [0.15, 0.2) is 11.5 Å². The van der Waals surface area contributed by atoms with Crippen LogP contribution in [0.3, 0.4) is 0 Å². The number of cyclic esters (lactones) is 1. The molecular formula is C6H19Cl2CoN4O6. The summed E-state index contributed by atoms with van der Waals surface area (Å²) in [6.07, 6.45) is -2.88. The number of aliphatic hydroxyl groups is 3. The van der Waals surface area contributed by atoms with Crippen LogP contribution in [0.4, 0.5) is 0 Å². The topological polar surface area (TPSA) is 250 Å². The van der Waals surface area contributed by atoms with Gasteiger partial charge < -0.3 is 74.6 Å². The van der Waals surface area contributed by atoms with Gasteiger partial charge in [0.1, 0.15) is 11.9 Å². The third-order valence-electron chi connectivity index (χ3n) is 1.46. The van der Waals surface area contributed by atoms with Crippen molar-refractivity contribution in [1.29, 1.82) is 0 Å². The van der Waals surface area contributed by atoms with E-state index in [0.717, 1.165) is 0 Å². The van der Waals surface area contributed by atoms with Gasteiger partial charge in [0.15, 0.2) is 6.10 Å². The second-order valence-corrected chi connectivity index (χ2v) is 2.29. The summed E-state index contributed by atoms with van der Waals surface area (Å²) >= 11 is 0. The molecular weight excluding hydrogens is 354 g/mol. The average Bonchev–Trinajstić information content (AvgIpc) is 2.32. The van der Waals surface area contributed by atoms with Gasteiger partial charge in [0.05, 0.1) is 6.61 Å². The maximum absolute atomic E-state index is 10.6. The summed E-state index contributed by atoms with van der Waals surface area (Å²) in [6.45, 7) is -0.699. The van der Waals surface area contributed by atoms with Crippen LogP contribution in [0.1, 0.15) is 0 Å². The van der Waals surface area contributed by atoms with Gasteiger partial charge in [-0.25, -0.2) is 4.79 Å². The minimum Gasteiger partial charge on any atom is -1.00 e. The van der Waals surface area contributed by atoms with E-state index < -0.39 is 36.3 Å². The molecule has 0 spiro atoms. The Morgan fingerprint density at radius 2 is 1.58 bits per heavy atom. The fraction of sp³-hybridized carbons (Fsp3) is 0.500. The first kappa shape index (κ1) is 42.8. The molecule has 0 aromatic carbocycles. The predicted octanol–water partition coefficient (Wildman–Crippen LogP) is -7.95. The van der Waals surface area contributed by atoms with Gasteiger partial charge in [-0.1, -0.05) is 0 Å². The number of hydrogen-bond acceptors (Lipinski definition) is 10. The van der Waals surface area contributed by atoms with Crippen molar-refractivity contribution in [3.05, 3.63) is 11.5 Å². The van der Waals surface area contributed by atoms with Gasteiger partial charge in [0, 0.05) is 5.76 Å². The van der Waals surface area contributed by atoms with Crippen LogP contribution in [0.5, 0.6) is 0 Å². The number of ether oxygens (including phenoxy) is 1. The molecule has 1 aliphatic rings. The summed E-state index contributed by atoms with van der Waals surface area (Å²) < 4.78 is 4.25. The Morgan fingerprint density at radius 3 is 1.79 bits per heavy atom. The van der Waals surface area contributed by atoms with Crippen LogP contribution in [0.2, 0.25) is 0 Å². The zero-order valence-corrected chi connectivity index (χ0v) is 12.4. The number of carbonyl (C=O) groups excluding carboxylic acids is 1. The SMILES string of the molecule is N.N.N.N.O=C1OC(C(O)CO)C(O)=C1[O-].[Cl-].[Cl-].[Co+3]. The maximum atomic E-state index is 10.6. The molecule has 13 heteroatoms. The standard InChI is InChI=1S/C6H8O6.2ClH.Co.4H3N/c7-1-2(8)5-3(9)4(10)6(11)12-5;;;;;;;/h2,5,7-10H,1H2;2*1H;;4*1H3/q;;;+3;;;;/p-3. The summed E-state index contributed by atoms with van der Waals surface area (Å²) in [4.78, 5) is 10.5. The number of esters is 1. The molecule has 0 amide bonds. The number of carbonyl (C=O) groups is 1. The van der Waals surface area contributed by atoms with E-state index in [4.69, 9.17) is 15.3 Å². The number of aliphatic hydroxyl groups excluding tert-OH is 3. The average molecular weight is 373 g/mol. The molecule has 0 radical (unpaired) electrons. The molecule has 0 aromatic heterocycles. The third kappa shape index (κ3) is 9.23. The molecule has 1 rings (SSSR count). The molecule has 19 heavy (non-hydrogen) atoms. The molecule has 0 saturated carbocycles. The van der Waals surface area contributed by atoms with Crippen LogP contribution in [0, 0.1) is 0 Å². The summed E-state index contributed by atoms with van der Waals surface area (Å²) in [5.41, 5.74) is 0. The van der Waals surface area contributed by atoms with Gasteiger partial charge >= 0.3 is 22.7 Å². The van der Waals surface area contributed by atoms with Gasteiger partial charge in [-0.15, -0.1) is 0 Å². The van der Waals surface area contributed by atoms with Crippen molar-refractivity contribution >= 4 is 5.97 Å². The first-order chi connectivity index (χ1) is 5.57. The summed E-state index contributed by atoms with van der Waals surface area (Å²) in [5, 5.41) is 36.8. The first-order valence-electron chi connectivity index (χ1n) is 3.18. The second-order valence-electron chi connectivity index (χ2n) is 2.29. The van der Waals surface area contributed by atoms with Crippen molar-refractivity contribution < 1.29 is 71.6 Å². The van der Waals surface area contributed by atoms with Crippen LogP contribution in [-0.2, 0) is 26.3 Å². The Kier molecular flexibility index (Phi) is 39.8. The fourth-order valence-corrected chi connectivity index (χ4v) is 0.815. The quantitative estimate of drug-likeness (QED) is 0.225. The third-order valence-corrected chi connectivity index (χ3v) is 1.46. The van der Waals surface area contributed by atoms with Crippen LogP contribution < -0.4 is 54.5 Å². The molecule has 10 nitrogen and oxygen atoms in total. The van der Waals surface area contributed by atoms with Crippen molar-refractivity contribution in [3.8, 4) is 0 Å². The van der Waals surface area contributed by atoms with Crippen molar-refractivity contribution in [2.24, 2.45) is 0 Å². The van der Waals surface area contributed by atoms with E-state index in [9.17, 15) is 9.90 Å². The predicted molar refractivity (Wildman–Crippen MR) is 52.7 cm³/mol. The monoisotopic (exact) mass is 372 g/mol. The molecule has 0 aliphatic carbocycles. The van der Waals surface area contributed by atoms with Crippen LogP contribution in [-0.4, -0.2) is 40.1 Å². The Labute approximate surface area is 132 Å². The number of rotatable bonds is 2. The van der Waals surface area contributed by atoms with Gasteiger partial charge in [-0.05, 0) is 0 Å². The van der Waals surface area contributed by atoms with Crippen LogP contribution >= 0.6 is 0 Å². The largest absolute Gasteiger partial charge is 3.00 e. The summed E-state index contributed by atoms with van der Waals surface area (Å²) in [7, 11) is 0. The smallest absolute Gasteiger partial charge is 1.00 e. The first-order valence-corrected chi connectivity index (χ1v) is 3.18. The van der Waals surface area contributed by atoms with Crippen molar-refractivity contribution in [3.63, 3.8) is 0 Å². The van der Waals surface area contributed by atoms with Crippen molar-refractivity contribution in [1.82, 2.24) is 24.6 Å². The molecule has 1 aliphatic heterocycles. The van der Waals surface area contributed by atoms with E-state index in [1.54, 1.807) is 0 Å². The van der Waals surface area contributed by atoms with E-state index in [-0.39, 0.29) is 66.2 Å². The van der Waals surface area contributed by atoms with Gasteiger partial charge in [-0.3, -0.25) is 0 Å². The molecule has 1 heterocycles. The zero-order chi connectivity index (χ0) is 9.30. The summed E-state index contributed by atoms with van der Waals surface area (Å²) in [5.74, 6) is -3.25. The van der Waals surface area contributed by atoms with Gasteiger partial charge in [0.2, 0.25) is 0 Å². The number of hydrogen-bond donors (Lipinski definition) is 7. The van der Waals surface area contributed by atoms with Crippen molar-refractivity contribution in [2.45, 2.75) is 12.2 Å². The molecule has 15 N–H and O–H groups in total. The zero-order valence-electron chi connectivity index (χ0n) is 9.85. The minimum atomic E-state index is -1.46. The molecule has 0 fully saturated rings. The van der Waals surface area contributed by atoms with Gasteiger partial charge in [0.25, 0.3) is 0 Å². The van der Waals surface area contributed by atoms with E-state index in [0.29, 0.717) is 0 Å². The molecule has 0 saturated heterocycles. The Balaban J connectivity index is -0.0000000411.